The number of hydrogen-bond acceptors (Lipinski definition) is 6. The summed E-state index contributed by atoms with van der Waals surface area (Å²) in [5.74, 6) is 3.66. The van der Waals surface area contributed by atoms with Crippen molar-refractivity contribution < 1.29 is 9.53 Å². The summed E-state index contributed by atoms with van der Waals surface area (Å²) in [7, 11) is 0. The van der Waals surface area contributed by atoms with Gasteiger partial charge in [0.25, 0.3) is 0 Å². The number of carbonyl (C=O) groups excluding carboxylic acids is 1. The molecule has 178 valence electrons. The van der Waals surface area contributed by atoms with Gasteiger partial charge < -0.3 is 9.64 Å². The van der Waals surface area contributed by atoms with E-state index in [4.69, 9.17) is 10.00 Å². The van der Waals surface area contributed by atoms with Gasteiger partial charge in [-0.05, 0) is 55.8 Å². The first kappa shape index (κ1) is 22.9. The maximum atomic E-state index is 12.6. The summed E-state index contributed by atoms with van der Waals surface area (Å²) in [4.78, 5) is 22.3. The average Bonchev–Trinajstić information content (AvgIpc) is 3.38. The van der Waals surface area contributed by atoms with Crippen molar-refractivity contribution in [1.29, 1.82) is 5.26 Å². The van der Waals surface area contributed by atoms with Crippen LogP contribution in [0.1, 0.15) is 60.0 Å². The molecule has 2 fully saturated rings. The summed E-state index contributed by atoms with van der Waals surface area (Å²) < 4.78 is 5.71. The fraction of sp³-hybridized carbons (Fsp3) is 0.536. The highest BCUT2D eigenvalue weighted by atomic mass is 16.5. The van der Waals surface area contributed by atoms with E-state index < -0.39 is 0 Å². The van der Waals surface area contributed by atoms with E-state index >= 15 is 0 Å². The SMILES string of the molecule is N#Cc1ccc(C(=O)CC2CCC(CCN3CCN(c4nccc5c4CCO5)CC3)CC2)cc1. The van der Waals surface area contributed by atoms with Gasteiger partial charge in [-0.3, -0.25) is 9.69 Å². The zero-order valence-corrected chi connectivity index (χ0v) is 19.9. The third-order valence-corrected chi connectivity index (χ3v) is 7.90. The van der Waals surface area contributed by atoms with Crippen LogP contribution in [0.25, 0.3) is 0 Å². The largest absolute Gasteiger partial charge is 0.493 e. The maximum Gasteiger partial charge on any atom is 0.163 e. The first-order valence-corrected chi connectivity index (χ1v) is 12.8. The molecule has 1 aromatic heterocycles. The third-order valence-electron chi connectivity index (χ3n) is 7.90. The number of benzene rings is 1. The van der Waals surface area contributed by atoms with E-state index in [0.29, 0.717) is 17.9 Å². The molecule has 0 bridgehead atoms. The average molecular weight is 459 g/mol. The molecule has 34 heavy (non-hydrogen) atoms. The Morgan fingerprint density at radius 2 is 1.76 bits per heavy atom. The van der Waals surface area contributed by atoms with Crippen LogP contribution in [0.2, 0.25) is 0 Å². The minimum Gasteiger partial charge on any atom is -0.493 e. The van der Waals surface area contributed by atoms with E-state index in [0.717, 1.165) is 75.1 Å². The number of carbonyl (C=O) groups is 1. The van der Waals surface area contributed by atoms with Crippen molar-refractivity contribution in [1.82, 2.24) is 9.88 Å². The molecule has 0 radical (unpaired) electrons. The molecular weight excluding hydrogens is 424 g/mol. The van der Waals surface area contributed by atoms with Gasteiger partial charge in [-0.2, -0.15) is 5.26 Å². The van der Waals surface area contributed by atoms with E-state index in [1.807, 2.05) is 12.3 Å². The number of fused-ring (bicyclic) bond motifs is 1. The van der Waals surface area contributed by atoms with E-state index in [1.54, 1.807) is 24.3 Å². The van der Waals surface area contributed by atoms with Crippen molar-refractivity contribution in [3.63, 3.8) is 0 Å². The fourth-order valence-corrected chi connectivity index (χ4v) is 5.75. The third kappa shape index (κ3) is 5.26. The molecule has 0 spiro atoms. The van der Waals surface area contributed by atoms with E-state index in [-0.39, 0.29) is 5.78 Å². The Morgan fingerprint density at radius 3 is 2.50 bits per heavy atom. The molecule has 2 aliphatic heterocycles. The van der Waals surface area contributed by atoms with E-state index in [2.05, 4.69) is 20.9 Å². The molecule has 1 saturated heterocycles. The van der Waals surface area contributed by atoms with Crippen molar-refractivity contribution in [2.75, 3.05) is 44.2 Å². The lowest BCUT2D eigenvalue weighted by Gasteiger charge is -2.37. The van der Waals surface area contributed by atoms with Crippen LogP contribution in [0.5, 0.6) is 5.75 Å². The van der Waals surface area contributed by atoms with Gasteiger partial charge in [0, 0.05) is 56.3 Å². The summed E-state index contributed by atoms with van der Waals surface area (Å²) in [6, 6.07) is 11.2. The predicted molar refractivity (Wildman–Crippen MR) is 132 cm³/mol. The number of piperazine rings is 1. The Kier molecular flexibility index (Phi) is 7.10. The van der Waals surface area contributed by atoms with Gasteiger partial charge in [-0.25, -0.2) is 4.98 Å². The molecule has 1 aromatic carbocycles. The number of pyridine rings is 1. The van der Waals surface area contributed by atoms with Crippen LogP contribution in [-0.4, -0.2) is 55.0 Å². The molecule has 1 aliphatic carbocycles. The summed E-state index contributed by atoms with van der Waals surface area (Å²) in [5, 5.41) is 8.92. The Labute approximate surface area is 202 Å². The summed E-state index contributed by atoms with van der Waals surface area (Å²) in [6.07, 6.45) is 9.56. The topological polar surface area (TPSA) is 69.5 Å². The van der Waals surface area contributed by atoms with Gasteiger partial charge in [-0.15, -0.1) is 0 Å². The van der Waals surface area contributed by atoms with Gasteiger partial charge in [0.15, 0.2) is 5.78 Å². The molecule has 0 atom stereocenters. The fourth-order valence-electron chi connectivity index (χ4n) is 5.75. The number of nitriles is 1. The van der Waals surface area contributed by atoms with Crippen LogP contribution < -0.4 is 9.64 Å². The zero-order chi connectivity index (χ0) is 23.3. The Hall–Kier alpha value is -2.91. The number of ether oxygens (including phenoxy) is 1. The molecule has 3 heterocycles. The molecular formula is C28H34N4O2. The van der Waals surface area contributed by atoms with Crippen LogP contribution >= 0.6 is 0 Å². The molecule has 1 saturated carbocycles. The minimum atomic E-state index is 0.218. The predicted octanol–water partition coefficient (Wildman–Crippen LogP) is 4.48. The second-order valence-corrected chi connectivity index (χ2v) is 10.0. The molecule has 6 nitrogen and oxygen atoms in total. The number of hydrogen-bond donors (Lipinski definition) is 0. The first-order chi connectivity index (χ1) is 16.7. The summed E-state index contributed by atoms with van der Waals surface area (Å²) in [5.41, 5.74) is 2.63. The van der Waals surface area contributed by atoms with Crippen molar-refractivity contribution in [3.05, 3.63) is 53.2 Å². The van der Waals surface area contributed by atoms with Gasteiger partial charge in [0.1, 0.15) is 11.6 Å². The van der Waals surface area contributed by atoms with Gasteiger partial charge in [0.05, 0.1) is 18.2 Å². The lowest BCUT2D eigenvalue weighted by molar-refractivity contribution is 0.0940. The number of rotatable bonds is 7. The highest BCUT2D eigenvalue weighted by Gasteiger charge is 2.26. The van der Waals surface area contributed by atoms with Crippen molar-refractivity contribution >= 4 is 11.6 Å². The quantitative estimate of drug-likeness (QED) is 0.570. The van der Waals surface area contributed by atoms with Crippen molar-refractivity contribution in [3.8, 4) is 11.8 Å². The molecule has 0 unspecified atom stereocenters. The summed E-state index contributed by atoms with van der Waals surface area (Å²) >= 11 is 0. The Balaban J connectivity index is 1.02. The Bertz CT molecular complexity index is 1030. The van der Waals surface area contributed by atoms with E-state index in [1.165, 1.54) is 31.4 Å². The number of anilines is 1. The monoisotopic (exact) mass is 458 g/mol. The smallest absolute Gasteiger partial charge is 0.163 e. The molecule has 6 heteroatoms. The molecule has 0 amide bonds. The minimum absolute atomic E-state index is 0.218. The highest BCUT2D eigenvalue weighted by molar-refractivity contribution is 5.96. The lowest BCUT2D eigenvalue weighted by atomic mass is 9.78. The number of aromatic nitrogens is 1. The van der Waals surface area contributed by atoms with E-state index in [9.17, 15) is 4.79 Å². The van der Waals surface area contributed by atoms with Crippen molar-refractivity contribution in [2.45, 2.75) is 44.9 Å². The normalized spacial score (nSPS) is 22.6. The second-order valence-electron chi connectivity index (χ2n) is 10.0. The number of ketones is 1. The standard InChI is InChI=1S/C28H34N4O2/c29-20-23-5-7-24(8-6-23)26(33)19-22-3-1-21(2-4-22)10-13-31-14-16-32(17-15-31)28-25-11-18-34-27(25)9-12-30-28/h5-9,12,21-22H,1-4,10-11,13-19H2. The lowest BCUT2D eigenvalue weighted by Crippen LogP contribution is -2.47. The van der Waals surface area contributed by atoms with Crippen LogP contribution in [0, 0.1) is 23.2 Å². The highest BCUT2D eigenvalue weighted by Crippen LogP contribution is 2.34. The molecule has 3 aliphatic rings. The van der Waals surface area contributed by atoms with Gasteiger partial charge >= 0.3 is 0 Å². The van der Waals surface area contributed by atoms with Gasteiger partial charge in [0.2, 0.25) is 0 Å². The number of Topliss-reactive ketones (excluding diaryl/α,β-unsaturated/α-hetero) is 1. The van der Waals surface area contributed by atoms with Crippen LogP contribution in [0.3, 0.4) is 0 Å². The van der Waals surface area contributed by atoms with Crippen LogP contribution in [-0.2, 0) is 6.42 Å². The maximum absolute atomic E-state index is 12.6. The first-order valence-electron chi connectivity index (χ1n) is 12.8. The van der Waals surface area contributed by atoms with Crippen molar-refractivity contribution in [2.24, 2.45) is 11.8 Å². The molecule has 5 rings (SSSR count). The zero-order valence-electron chi connectivity index (χ0n) is 19.9. The molecule has 0 N–H and O–H groups in total. The van der Waals surface area contributed by atoms with Crippen LogP contribution in [0.15, 0.2) is 36.5 Å². The molecule has 2 aromatic rings. The summed E-state index contributed by atoms with van der Waals surface area (Å²) in [6.45, 7) is 6.22. The van der Waals surface area contributed by atoms with Crippen LogP contribution in [0.4, 0.5) is 5.82 Å². The van der Waals surface area contributed by atoms with Gasteiger partial charge in [-0.1, -0.05) is 25.0 Å². The number of nitrogens with zero attached hydrogens (tertiary/aromatic N) is 4. The Morgan fingerprint density at radius 1 is 1.03 bits per heavy atom. The second kappa shape index (κ2) is 10.6.